The Morgan fingerprint density at radius 2 is 2.00 bits per heavy atom. The van der Waals surface area contributed by atoms with Crippen molar-refractivity contribution in [1.82, 2.24) is 4.90 Å². The zero-order valence-corrected chi connectivity index (χ0v) is 11.9. The van der Waals surface area contributed by atoms with Gasteiger partial charge in [0.15, 0.2) is 0 Å². The predicted octanol–water partition coefficient (Wildman–Crippen LogP) is 2.36. The summed E-state index contributed by atoms with van der Waals surface area (Å²) in [5.74, 6) is 0. The first-order valence-electron chi connectivity index (χ1n) is 5.24. The molecule has 0 aromatic carbocycles. The van der Waals surface area contributed by atoms with Gasteiger partial charge < -0.3 is 9.47 Å². The number of hydrogen-bond donors (Lipinski definition) is 0. The zero-order chi connectivity index (χ0) is 11.5. The molecule has 2 heterocycles. The third kappa shape index (κ3) is 2.65. The van der Waals surface area contributed by atoms with Gasteiger partial charge in [-0.2, -0.15) is 0 Å². The number of rotatable bonds is 4. The highest BCUT2D eigenvalue weighted by Crippen LogP contribution is 2.26. The monoisotopic (exact) mass is 305 g/mol. The summed E-state index contributed by atoms with van der Waals surface area (Å²) >= 11 is 5.34. The first-order valence-corrected chi connectivity index (χ1v) is 6.91. The lowest BCUT2D eigenvalue weighted by molar-refractivity contribution is -0.00461. The van der Waals surface area contributed by atoms with E-state index in [1.54, 1.807) is 25.6 Å². The van der Waals surface area contributed by atoms with Crippen molar-refractivity contribution < 1.29 is 9.47 Å². The number of nitrogens with zero attached hydrogens (tertiary/aromatic N) is 1. The van der Waals surface area contributed by atoms with Crippen molar-refractivity contribution in [3.8, 4) is 0 Å². The van der Waals surface area contributed by atoms with Crippen LogP contribution in [0.2, 0.25) is 0 Å². The van der Waals surface area contributed by atoms with Crippen molar-refractivity contribution in [2.45, 2.75) is 18.8 Å². The van der Waals surface area contributed by atoms with Gasteiger partial charge in [-0.3, -0.25) is 4.90 Å². The van der Waals surface area contributed by atoms with Crippen LogP contribution >= 0.6 is 27.3 Å². The summed E-state index contributed by atoms with van der Waals surface area (Å²) in [5, 5.41) is 2.11. The lowest BCUT2D eigenvalue weighted by Gasteiger charge is -2.13. The van der Waals surface area contributed by atoms with Gasteiger partial charge in [0, 0.05) is 43.2 Å². The molecule has 1 aliphatic heterocycles. The highest BCUT2D eigenvalue weighted by Gasteiger charge is 2.33. The second-order valence-electron chi connectivity index (χ2n) is 3.93. The Balaban J connectivity index is 1.95. The number of hydrogen-bond acceptors (Lipinski definition) is 4. The van der Waals surface area contributed by atoms with Crippen LogP contribution in [0.1, 0.15) is 4.88 Å². The highest BCUT2D eigenvalue weighted by atomic mass is 79.9. The number of thiophene rings is 1. The molecule has 3 nitrogen and oxygen atoms in total. The van der Waals surface area contributed by atoms with Gasteiger partial charge in [0.2, 0.25) is 0 Å². The Labute approximate surface area is 108 Å². The van der Waals surface area contributed by atoms with Gasteiger partial charge in [0.05, 0.1) is 12.2 Å². The van der Waals surface area contributed by atoms with Crippen LogP contribution < -0.4 is 0 Å². The quantitative estimate of drug-likeness (QED) is 0.852. The van der Waals surface area contributed by atoms with E-state index >= 15 is 0 Å². The van der Waals surface area contributed by atoms with Crippen LogP contribution in [-0.4, -0.2) is 44.4 Å². The minimum atomic E-state index is 0.198. The van der Waals surface area contributed by atoms with Crippen molar-refractivity contribution in [3.63, 3.8) is 0 Å². The molecule has 2 atom stereocenters. The molecule has 0 radical (unpaired) electrons. The Hall–Kier alpha value is 0.0600. The maximum atomic E-state index is 5.42. The maximum absolute atomic E-state index is 5.42. The average molecular weight is 306 g/mol. The van der Waals surface area contributed by atoms with Gasteiger partial charge in [-0.15, -0.1) is 11.3 Å². The number of halogens is 1. The summed E-state index contributed by atoms with van der Waals surface area (Å²) in [7, 11) is 3.50. The maximum Gasteiger partial charge on any atom is 0.0971 e. The van der Waals surface area contributed by atoms with Crippen molar-refractivity contribution in [2.24, 2.45) is 0 Å². The molecule has 2 rings (SSSR count). The third-order valence-corrected chi connectivity index (χ3v) is 4.87. The van der Waals surface area contributed by atoms with Crippen LogP contribution in [-0.2, 0) is 16.0 Å². The molecule has 1 aromatic rings. The molecular formula is C11H16BrNO2S. The van der Waals surface area contributed by atoms with E-state index in [2.05, 4.69) is 32.3 Å². The van der Waals surface area contributed by atoms with Crippen molar-refractivity contribution in [3.05, 3.63) is 20.8 Å². The van der Waals surface area contributed by atoms with Gasteiger partial charge in [-0.05, 0) is 27.4 Å². The van der Waals surface area contributed by atoms with E-state index in [1.165, 1.54) is 9.35 Å². The van der Waals surface area contributed by atoms with Crippen LogP contribution in [0.5, 0.6) is 0 Å². The number of likely N-dealkylation sites (tertiary alicyclic amines) is 1. The number of ether oxygens (including phenoxy) is 2. The predicted molar refractivity (Wildman–Crippen MR) is 68.9 cm³/mol. The zero-order valence-electron chi connectivity index (χ0n) is 9.48. The largest absolute Gasteiger partial charge is 0.377 e. The lowest BCUT2D eigenvalue weighted by atomic mass is 10.3. The molecule has 16 heavy (non-hydrogen) atoms. The molecule has 1 aliphatic rings. The van der Waals surface area contributed by atoms with E-state index in [-0.39, 0.29) is 12.2 Å². The SMILES string of the molecule is COC1CN(Cc2sccc2Br)CC1OC. The fourth-order valence-corrected chi connectivity index (χ4v) is 3.56. The Bertz CT molecular complexity index is 332. The Morgan fingerprint density at radius 1 is 1.38 bits per heavy atom. The molecule has 0 spiro atoms. The Morgan fingerprint density at radius 3 is 2.44 bits per heavy atom. The molecule has 0 bridgehead atoms. The molecule has 0 aliphatic carbocycles. The van der Waals surface area contributed by atoms with E-state index in [0.717, 1.165) is 19.6 Å². The van der Waals surface area contributed by atoms with E-state index in [0.29, 0.717) is 0 Å². The lowest BCUT2D eigenvalue weighted by Crippen LogP contribution is -2.27. The van der Waals surface area contributed by atoms with Crippen molar-refractivity contribution in [2.75, 3.05) is 27.3 Å². The standard InChI is InChI=1S/C11H16BrNO2S/c1-14-9-5-13(6-10(9)15-2)7-11-8(12)3-4-16-11/h3-4,9-10H,5-7H2,1-2H3. The molecule has 2 unspecified atom stereocenters. The van der Waals surface area contributed by atoms with Gasteiger partial charge in [-0.1, -0.05) is 0 Å². The minimum absolute atomic E-state index is 0.198. The van der Waals surface area contributed by atoms with Crippen LogP contribution in [0.3, 0.4) is 0 Å². The molecule has 5 heteroatoms. The Kier molecular flexibility index (Phi) is 4.38. The van der Waals surface area contributed by atoms with Crippen LogP contribution in [0.25, 0.3) is 0 Å². The van der Waals surface area contributed by atoms with Crippen molar-refractivity contribution in [1.29, 1.82) is 0 Å². The summed E-state index contributed by atoms with van der Waals surface area (Å²) in [6, 6.07) is 2.09. The minimum Gasteiger partial charge on any atom is -0.377 e. The summed E-state index contributed by atoms with van der Waals surface area (Å²) in [4.78, 5) is 3.74. The molecular weight excluding hydrogens is 290 g/mol. The van der Waals surface area contributed by atoms with Crippen LogP contribution in [0, 0.1) is 0 Å². The average Bonchev–Trinajstić information content (AvgIpc) is 2.86. The first kappa shape index (κ1) is 12.5. The summed E-state index contributed by atoms with van der Waals surface area (Å²) in [5.41, 5.74) is 0. The fraction of sp³-hybridized carbons (Fsp3) is 0.636. The summed E-state index contributed by atoms with van der Waals surface area (Å²) < 4.78 is 12.0. The second-order valence-corrected chi connectivity index (χ2v) is 5.79. The number of methoxy groups -OCH3 is 2. The van der Waals surface area contributed by atoms with Crippen LogP contribution in [0.15, 0.2) is 15.9 Å². The molecule has 0 saturated carbocycles. The highest BCUT2D eigenvalue weighted by molar-refractivity contribution is 9.10. The topological polar surface area (TPSA) is 21.7 Å². The molecule has 1 saturated heterocycles. The molecule has 0 amide bonds. The summed E-state index contributed by atoms with van der Waals surface area (Å²) in [6.45, 7) is 2.86. The molecule has 90 valence electrons. The van der Waals surface area contributed by atoms with Gasteiger partial charge >= 0.3 is 0 Å². The van der Waals surface area contributed by atoms with Crippen molar-refractivity contribution >= 4 is 27.3 Å². The summed E-state index contributed by atoms with van der Waals surface area (Å²) in [6.07, 6.45) is 0.396. The first-order chi connectivity index (χ1) is 7.74. The normalized spacial score (nSPS) is 26.4. The van der Waals surface area contributed by atoms with Gasteiger partial charge in [0.25, 0.3) is 0 Å². The van der Waals surface area contributed by atoms with Gasteiger partial charge in [0.1, 0.15) is 0 Å². The van der Waals surface area contributed by atoms with E-state index in [9.17, 15) is 0 Å². The van der Waals surface area contributed by atoms with Gasteiger partial charge in [-0.25, -0.2) is 0 Å². The van der Waals surface area contributed by atoms with E-state index < -0.39 is 0 Å². The third-order valence-electron chi connectivity index (χ3n) is 2.95. The molecule has 1 fully saturated rings. The molecule has 0 N–H and O–H groups in total. The van der Waals surface area contributed by atoms with E-state index in [4.69, 9.17) is 9.47 Å². The van der Waals surface area contributed by atoms with Crippen LogP contribution in [0.4, 0.5) is 0 Å². The smallest absolute Gasteiger partial charge is 0.0971 e. The van der Waals surface area contributed by atoms with E-state index in [1.807, 2.05) is 0 Å². The fourth-order valence-electron chi connectivity index (χ4n) is 2.04. The second kappa shape index (κ2) is 5.60. The molecule has 1 aromatic heterocycles.